The third-order valence-electron chi connectivity index (χ3n) is 6.79. The molecule has 2 atom stereocenters. The van der Waals surface area contributed by atoms with Crippen molar-refractivity contribution in [2.75, 3.05) is 43.9 Å². The number of rotatable bonds is 6. The minimum atomic E-state index is -3.18. The Balaban J connectivity index is 1.40. The molecule has 11 nitrogen and oxygen atoms in total. The Morgan fingerprint density at radius 3 is 2.53 bits per heavy atom. The van der Waals surface area contributed by atoms with Crippen molar-refractivity contribution in [2.24, 2.45) is 5.92 Å². The highest BCUT2D eigenvalue weighted by Crippen LogP contribution is 2.30. The molecule has 0 radical (unpaired) electrons. The summed E-state index contributed by atoms with van der Waals surface area (Å²) in [6.07, 6.45) is 4.59. The van der Waals surface area contributed by atoms with Gasteiger partial charge in [-0.25, -0.2) is 17.9 Å². The van der Waals surface area contributed by atoms with Crippen LogP contribution in [0.15, 0.2) is 36.7 Å². The van der Waals surface area contributed by atoms with Gasteiger partial charge < -0.3 is 15.0 Å². The average Bonchev–Trinajstić information content (AvgIpc) is 3.50. The highest BCUT2D eigenvalue weighted by molar-refractivity contribution is 7.88. The van der Waals surface area contributed by atoms with Crippen molar-refractivity contribution in [3.63, 3.8) is 0 Å². The molecule has 0 bridgehead atoms. The first-order chi connectivity index (χ1) is 17.2. The third-order valence-corrected chi connectivity index (χ3v) is 8.09. The molecule has 1 unspecified atom stereocenters. The summed E-state index contributed by atoms with van der Waals surface area (Å²) >= 11 is 0. The molecule has 2 aliphatic heterocycles. The zero-order chi connectivity index (χ0) is 25.4. The molecule has 2 aromatic heterocycles. The van der Waals surface area contributed by atoms with Crippen LogP contribution in [-0.2, 0) is 14.8 Å². The predicted octanol–water partition coefficient (Wildman–Crippen LogP) is 1.25. The zero-order valence-electron chi connectivity index (χ0n) is 20.1. The molecule has 2 saturated heterocycles. The number of amides is 1. The molecule has 188 valence electrons. The number of nitriles is 1. The standard InChI is InChI=1S/C24H27N7O4S/c1-16(18-11-22(32)26-13-18)35-24-23-19(12-25)14-27-31(23)15-21(28-24)17-3-5-20(6-4-17)29-7-9-30(10-8-29)36(2,33)34/h3-6,14-16,18H,7-11,13H2,1-2H3,(H,26,32)/t16-,18?/m1/s1. The SMILES string of the molecule is C[C@@H](Oc1nc(-c2ccc(N3CCN(S(C)(=O)=O)CC3)cc2)cn2ncc(C#N)c12)C1CNC(=O)C1. The lowest BCUT2D eigenvalue weighted by atomic mass is 10.0. The van der Waals surface area contributed by atoms with Crippen molar-refractivity contribution in [1.29, 1.82) is 5.26 Å². The number of hydrogen-bond acceptors (Lipinski definition) is 8. The molecule has 1 aromatic carbocycles. The van der Waals surface area contributed by atoms with Crippen molar-refractivity contribution in [1.82, 2.24) is 24.2 Å². The average molecular weight is 510 g/mol. The monoisotopic (exact) mass is 509 g/mol. The topological polar surface area (TPSA) is 133 Å². The van der Waals surface area contributed by atoms with Gasteiger partial charge in [0, 0.05) is 56.3 Å². The highest BCUT2D eigenvalue weighted by Gasteiger charge is 2.29. The van der Waals surface area contributed by atoms with E-state index in [1.165, 1.54) is 16.8 Å². The number of carbonyl (C=O) groups excluding carboxylic acids is 1. The van der Waals surface area contributed by atoms with Crippen LogP contribution in [0.5, 0.6) is 5.88 Å². The van der Waals surface area contributed by atoms with Gasteiger partial charge in [-0.1, -0.05) is 12.1 Å². The van der Waals surface area contributed by atoms with E-state index >= 15 is 0 Å². The quantitative estimate of drug-likeness (QED) is 0.525. The molecule has 0 aliphatic carbocycles. The van der Waals surface area contributed by atoms with E-state index in [4.69, 9.17) is 9.72 Å². The Morgan fingerprint density at radius 1 is 1.19 bits per heavy atom. The highest BCUT2D eigenvalue weighted by atomic mass is 32.2. The van der Waals surface area contributed by atoms with Gasteiger partial charge in [0.2, 0.25) is 21.8 Å². The molecular weight excluding hydrogens is 482 g/mol. The number of anilines is 1. The van der Waals surface area contributed by atoms with E-state index in [0.29, 0.717) is 61.8 Å². The van der Waals surface area contributed by atoms with Gasteiger partial charge >= 0.3 is 0 Å². The van der Waals surface area contributed by atoms with Crippen LogP contribution in [-0.4, -0.2) is 78.3 Å². The lowest BCUT2D eigenvalue weighted by Gasteiger charge is -2.34. The summed E-state index contributed by atoms with van der Waals surface area (Å²) in [4.78, 5) is 18.5. The molecule has 1 N–H and O–H groups in total. The number of nitrogens with zero attached hydrogens (tertiary/aromatic N) is 6. The summed E-state index contributed by atoms with van der Waals surface area (Å²) in [7, 11) is -3.18. The van der Waals surface area contributed by atoms with Crippen LogP contribution < -0.4 is 15.0 Å². The second-order valence-corrected chi connectivity index (χ2v) is 11.2. The normalized spacial score (nSPS) is 19.8. The van der Waals surface area contributed by atoms with E-state index in [1.807, 2.05) is 31.2 Å². The molecule has 4 heterocycles. The first kappa shape index (κ1) is 24.0. The van der Waals surface area contributed by atoms with Crippen LogP contribution >= 0.6 is 0 Å². The van der Waals surface area contributed by atoms with Crippen molar-refractivity contribution < 1.29 is 17.9 Å². The first-order valence-electron chi connectivity index (χ1n) is 11.8. The van der Waals surface area contributed by atoms with E-state index in [2.05, 4.69) is 21.4 Å². The van der Waals surface area contributed by atoms with E-state index in [-0.39, 0.29) is 17.9 Å². The Kier molecular flexibility index (Phi) is 6.27. The fourth-order valence-corrected chi connectivity index (χ4v) is 5.46. The number of fused-ring (bicyclic) bond motifs is 1. The van der Waals surface area contributed by atoms with Gasteiger partial charge in [-0.15, -0.1) is 0 Å². The second-order valence-electron chi connectivity index (χ2n) is 9.18. The minimum absolute atomic E-state index is 0.00203. The first-order valence-corrected chi connectivity index (χ1v) is 13.6. The Labute approximate surface area is 209 Å². The number of sulfonamides is 1. The summed E-state index contributed by atoms with van der Waals surface area (Å²) in [5.41, 5.74) is 3.33. The zero-order valence-corrected chi connectivity index (χ0v) is 20.9. The largest absolute Gasteiger partial charge is 0.473 e. The van der Waals surface area contributed by atoms with Gasteiger partial charge in [0.1, 0.15) is 23.3 Å². The lowest BCUT2D eigenvalue weighted by molar-refractivity contribution is -0.119. The fourth-order valence-electron chi connectivity index (χ4n) is 4.64. The number of aromatic nitrogens is 3. The van der Waals surface area contributed by atoms with Crippen LogP contribution in [0, 0.1) is 17.2 Å². The van der Waals surface area contributed by atoms with Crippen molar-refractivity contribution in [3.05, 3.63) is 42.2 Å². The number of carbonyl (C=O) groups is 1. The fraction of sp³-hybridized carbons (Fsp3) is 0.417. The lowest BCUT2D eigenvalue weighted by Crippen LogP contribution is -2.48. The molecule has 12 heteroatoms. The number of ether oxygens (including phenoxy) is 1. The smallest absolute Gasteiger partial charge is 0.242 e. The molecule has 36 heavy (non-hydrogen) atoms. The summed E-state index contributed by atoms with van der Waals surface area (Å²) < 4.78 is 32.8. The van der Waals surface area contributed by atoms with Crippen LogP contribution in [0.4, 0.5) is 5.69 Å². The summed E-state index contributed by atoms with van der Waals surface area (Å²) in [6, 6.07) is 10.0. The predicted molar refractivity (Wildman–Crippen MR) is 133 cm³/mol. The van der Waals surface area contributed by atoms with Gasteiger partial charge in [0.25, 0.3) is 0 Å². The Bertz CT molecular complexity index is 1440. The van der Waals surface area contributed by atoms with Gasteiger partial charge in [-0.3, -0.25) is 4.79 Å². The Morgan fingerprint density at radius 2 is 1.92 bits per heavy atom. The number of benzene rings is 1. The van der Waals surface area contributed by atoms with Crippen LogP contribution in [0.1, 0.15) is 18.9 Å². The maximum Gasteiger partial charge on any atom is 0.242 e. The maximum absolute atomic E-state index is 11.8. The number of hydrogen-bond donors (Lipinski definition) is 1. The minimum Gasteiger partial charge on any atom is -0.473 e. The second kappa shape index (κ2) is 9.40. The molecule has 5 rings (SSSR count). The number of nitrogens with one attached hydrogen (secondary N) is 1. The Hall–Kier alpha value is -3.69. The van der Waals surface area contributed by atoms with Crippen molar-refractivity contribution >= 4 is 27.1 Å². The summed E-state index contributed by atoms with van der Waals surface area (Å²) in [6.45, 7) is 4.60. The van der Waals surface area contributed by atoms with Gasteiger partial charge in [-0.2, -0.15) is 14.7 Å². The van der Waals surface area contributed by atoms with E-state index in [0.717, 1.165) is 11.3 Å². The van der Waals surface area contributed by atoms with Gasteiger partial charge in [0.15, 0.2) is 0 Å². The molecule has 0 saturated carbocycles. The molecule has 3 aromatic rings. The molecule has 1 amide bonds. The molecular formula is C24H27N7O4S. The summed E-state index contributed by atoms with van der Waals surface area (Å²) in [5, 5.41) is 16.7. The van der Waals surface area contributed by atoms with Gasteiger partial charge in [0.05, 0.1) is 24.3 Å². The van der Waals surface area contributed by atoms with Gasteiger partial charge in [-0.05, 0) is 19.1 Å². The molecule has 0 spiro atoms. The third kappa shape index (κ3) is 4.72. The van der Waals surface area contributed by atoms with Crippen molar-refractivity contribution in [3.8, 4) is 23.2 Å². The van der Waals surface area contributed by atoms with Crippen LogP contribution in [0.25, 0.3) is 16.8 Å². The molecule has 2 aliphatic rings. The number of piperazine rings is 1. The van der Waals surface area contributed by atoms with Crippen LogP contribution in [0.2, 0.25) is 0 Å². The molecule has 2 fully saturated rings. The summed E-state index contributed by atoms with van der Waals surface area (Å²) in [5.74, 6) is 0.315. The van der Waals surface area contributed by atoms with E-state index in [1.54, 1.807) is 10.7 Å². The van der Waals surface area contributed by atoms with Crippen LogP contribution in [0.3, 0.4) is 0 Å². The van der Waals surface area contributed by atoms with E-state index < -0.39 is 10.0 Å². The maximum atomic E-state index is 11.8. The van der Waals surface area contributed by atoms with E-state index in [9.17, 15) is 18.5 Å². The van der Waals surface area contributed by atoms with Crippen molar-refractivity contribution in [2.45, 2.75) is 19.4 Å².